The maximum Gasteiger partial charge on any atom is 0.254 e. The van der Waals surface area contributed by atoms with E-state index in [2.05, 4.69) is 41.5 Å². The highest BCUT2D eigenvalue weighted by molar-refractivity contribution is 6.02. The molecule has 4 heterocycles. The Labute approximate surface area is 216 Å². The number of likely N-dealkylation sites (tertiary alicyclic amines) is 1. The molecule has 3 saturated carbocycles. The number of pyridine rings is 1. The van der Waals surface area contributed by atoms with Gasteiger partial charge in [0.1, 0.15) is 17.0 Å². The van der Waals surface area contributed by atoms with E-state index in [1.54, 1.807) is 7.11 Å². The quantitative estimate of drug-likeness (QED) is 0.319. The van der Waals surface area contributed by atoms with E-state index < -0.39 is 0 Å². The van der Waals surface area contributed by atoms with Crippen molar-refractivity contribution in [3.05, 3.63) is 47.2 Å². The molecule has 0 N–H and O–H groups in total. The molecule has 3 aromatic heterocycles. The van der Waals surface area contributed by atoms with Crippen LogP contribution in [0.3, 0.4) is 0 Å². The zero-order chi connectivity index (χ0) is 25.0. The van der Waals surface area contributed by atoms with Crippen LogP contribution in [0.5, 0.6) is 5.75 Å². The van der Waals surface area contributed by atoms with E-state index in [-0.39, 0.29) is 5.91 Å². The van der Waals surface area contributed by atoms with Crippen molar-refractivity contribution in [1.82, 2.24) is 14.5 Å². The van der Waals surface area contributed by atoms with Gasteiger partial charge in [-0.25, -0.2) is 4.98 Å². The predicted octanol–water partition coefficient (Wildman–Crippen LogP) is 6.22. The summed E-state index contributed by atoms with van der Waals surface area (Å²) in [6.45, 7) is 6.10. The summed E-state index contributed by atoms with van der Waals surface area (Å²) >= 11 is 0. The number of benzene rings is 1. The number of nitrogens with zero attached hydrogens (tertiary/aromatic N) is 3. The van der Waals surface area contributed by atoms with Crippen LogP contribution in [0.25, 0.3) is 33.5 Å². The first-order valence-corrected chi connectivity index (χ1v) is 14.0. The van der Waals surface area contributed by atoms with E-state index in [4.69, 9.17) is 14.1 Å². The monoisotopic (exact) mass is 495 g/mol. The van der Waals surface area contributed by atoms with Crippen molar-refractivity contribution in [2.75, 3.05) is 13.7 Å². The van der Waals surface area contributed by atoms with Crippen molar-refractivity contribution in [2.45, 2.75) is 58.5 Å². The van der Waals surface area contributed by atoms with E-state index in [1.807, 2.05) is 12.1 Å². The number of ether oxygens (including phenoxy) is 1. The first kappa shape index (κ1) is 21.8. The molecule has 1 aromatic carbocycles. The van der Waals surface area contributed by atoms with Crippen LogP contribution in [0.15, 0.2) is 34.7 Å². The molecular weight excluding hydrogens is 462 g/mol. The van der Waals surface area contributed by atoms with Crippen molar-refractivity contribution in [3.63, 3.8) is 0 Å². The van der Waals surface area contributed by atoms with Gasteiger partial charge in [0, 0.05) is 41.3 Å². The second-order valence-corrected chi connectivity index (χ2v) is 11.9. The summed E-state index contributed by atoms with van der Waals surface area (Å²) in [6, 6.07) is 10.8. The third-order valence-electron chi connectivity index (χ3n) is 9.77. The summed E-state index contributed by atoms with van der Waals surface area (Å²) in [5, 5.41) is 2.09. The molecule has 1 amide bonds. The van der Waals surface area contributed by atoms with Gasteiger partial charge in [0.05, 0.1) is 18.2 Å². The van der Waals surface area contributed by atoms with E-state index in [1.165, 1.54) is 25.7 Å². The Balaban J connectivity index is 1.25. The molecule has 8 rings (SSSR count). The largest absolute Gasteiger partial charge is 0.496 e. The molecular formula is C31H33N3O3. The van der Waals surface area contributed by atoms with Gasteiger partial charge >= 0.3 is 0 Å². The topological polar surface area (TPSA) is 60.5 Å². The summed E-state index contributed by atoms with van der Waals surface area (Å²) < 4.78 is 14.8. The van der Waals surface area contributed by atoms with E-state index in [9.17, 15) is 4.79 Å². The molecule has 6 nitrogen and oxygen atoms in total. The third kappa shape index (κ3) is 3.04. The molecule has 0 radical (unpaired) electrons. The fourth-order valence-electron chi connectivity index (χ4n) is 7.53. The maximum absolute atomic E-state index is 13.7. The van der Waals surface area contributed by atoms with Crippen molar-refractivity contribution >= 4 is 27.9 Å². The lowest BCUT2D eigenvalue weighted by Gasteiger charge is -2.52. The van der Waals surface area contributed by atoms with Gasteiger partial charge in [-0.15, -0.1) is 0 Å². The van der Waals surface area contributed by atoms with Crippen LogP contribution < -0.4 is 4.74 Å². The number of carbonyl (C=O) groups excluding carboxylic acids is 1. The second-order valence-electron chi connectivity index (χ2n) is 11.9. The molecule has 1 aliphatic heterocycles. The summed E-state index contributed by atoms with van der Waals surface area (Å²) in [4.78, 5) is 20.8. The summed E-state index contributed by atoms with van der Waals surface area (Å²) in [5.41, 5.74) is 5.63. The first-order chi connectivity index (χ1) is 18.0. The lowest BCUT2D eigenvalue weighted by atomic mass is 9.53. The summed E-state index contributed by atoms with van der Waals surface area (Å²) in [5.74, 6) is 4.70. The van der Waals surface area contributed by atoms with Gasteiger partial charge in [-0.2, -0.15) is 0 Å². The number of aryl methyl sites for hydroxylation is 2. The number of methoxy groups -OCH3 is 1. The minimum absolute atomic E-state index is 0.118. The van der Waals surface area contributed by atoms with Crippen LogP contribution in [0.1, 0.15) is 54.2 Å². The van der Waals surface area contributed by atoms with Gasteiger partial charge in [0.25, 0.3) is 5.91 Å². The number of carbonyl (C=O) groups is 1. The molecule has 4 fully saturated rings. The molecule has 4 atom stereocenters. The number of hydrogen-bond acceptors (Lipinski definition) is 4. The molecule has 1 saturated heterocycles. The van der Waals surface area contributed by atoms with Crippen molar-refractivity contribution in [1.29, 1.82) is 0 Å². The zero-order valence-electron chi connectivity index (χ0n) is 21.8. The molecule has 4 aliphatic rings. The van der Waals surface area contributed by atoms with Crippen LogP contribution in [-0.2, 0) is 13.0 Å². The number of rotatable bonds is 6. The van der Waals surface area contributed by atoms with Gasteiger partial charge < -0.3 is 18.6 Å². The average molecular weight is 496 g/mol. The van der Waals surface area contributed by atoms with Gasteiger partial charge in [-0.05, 0) is 93.0 Å². The predicted molar refractivity (Wildman–Crippen MR) is 143 cm³/mol. The SMILES string of the molecule is CCc1ccc2cc(-c3oc4cc(C(=O)N5CC6CC7CC5[C@H]76)cc(OC)c4c3C)n(CC3CC3)c2n1. The number of amides is 1. The molecule has 0 spiro atoms. The highest BCUT2D eigenvalue weighted by atomic mass is 16.5. The number of furan rings is 1. The fourth-order valence-corrected chi connectivity index (χ4v) is 7.53. The number of fused-ring (bicyclic) bond motifs is 2. The minimum Gasteiger partial charge on any atom is -0.496 e. The normalized spacial score (nSPS) is 25.9. The van der Waals surface area contributed by atoms with E-state index in [0.29, 0.717) is 34.8 Å². The van der Waals surface area contributed by atoms with Gasteiger partial charge in [-0.3, -0.25) is 4.79 Å². The molecule has 4 aromatic rings. The molecule has 3 unspecified atom stereocenters. The highest BCUT2D eigenvalue weighted by Gasteiger charge is 2.61. The molecule has 0 bridgehead atoms. The number of aromatic nitrogens is 2. The van der Waals surface area contributed by atoms with Crippen LogP contribution >= 0.6 is 0 Å². The van der Waals surface area contributed by atoms with Crippen LogP contribution in [0, 0.1) is 30.6 Å². The number of hydrogen-bond donors (Lipinski definition) is 0. The smallest absolute Gasteiger partial charge is 0.254 e. The Morgan fingerprint density at radius 2 is 2.03 bits per heavy atom. The Morgan fingerprint density at radius 1 is 1.16 bits per heavy atom. The van der Waals surface area contributed by atoms with Crippen molar-refractivity contribution < 1.29 is 13.9 Å². The van der Waals surface area contributed by atoms with E-state index >= 15 is 0 Å². The Bertz CT molecular complexity index is 1590. The Hall–Kier alpha value is -3.28. The summed E-state index contributed by atoms with van der Waals surface area (Å²) in [6.07, 6.45) is 5.93. The lowest BCUT2D eigenvalue weighted by molar-refractivity contribution is -0.0204. The minimum atomic E-state index is 0.118. The zero-order valence-corrected chi connectivity index (χ0v) is 21.8. The molecule has 6 heteroatoms. The summed E-state index contributed by atoms with van der Waals surface area (Å²) in [7, 11) is 1.68. The third-order valence-corrected chi connectivity index (χ3v) is 9.77. The Kier molecular flexibility index (Phi) is 4.49. The van der Waals surface area contributed by atoms with Crippen molar-refractivity contribution in [3.8, 4) is 17.2 Å². The lowest BCUT2D eigenvalue weighted by Crippen LogP contribution is -2.53. The van der Waals surface area contributed by atoms with Gasteiger partial charge in [0.2, 0.25) is 0 Å². The second kappa shape index (κ2) is 7.62. The Morgan fingerprint density at radius 3 is 2.76 bits per heavy atom. The van der Waals surface area contributed by atoms with Crippen molar-refractivity contribution in [2.24, 2.45) is 23.7 Å². The maximum atomic E-state index is 13.7. The van der Waals surface area contributed by atoms with Crippen LogP contribution in [0.4, 0.5) is 0 Å². The molecule has 3 aliphatic carbocycles. The molecule has 190 valence electrons. The fraction of sp³-hybridized carbons (Fsp3) is 0.484. The first-order valence-electron chi connectivity index (χ1n) is 14.0. The average Bonchev–Trinajstić information content (AvgIpc) is 3.57. The van der Waals surface area contributed by atoms with Gasteiger partial charge in [-0.1, -0.05) is 6.92 Å². The molecule has 37 heavy (non-hydrogen) atoms. The standard InChI is InChI=1S/C31H33N3O3/c1-4-22-8-7-18-10-24(33(30(18)32-22)14-17-5-6-17)29-16(2)27-25(36-3)12-20(13-26(27)37-29)31(35)34-15-21-9-19-11-23(34)28(19)21/h7-8,10,12-13,17,19,21,23,28H,4-6,9,11,14-15H2,1-3H3/t19?,21?,23?,28-/m1/s1. The van der Waals surface area contributed by atoms with Crippen LogP contribution in [0.2, 0.25) is 0 Å². The van der Waals surface area contributed by atoms with E-state index in [0.717, 1.165) is 70.5 Å². The highest BCUT2D eigenvalue weighted by Crippen LogP contribution is 2.60. The van der Waals surface area contributed by atoms with Gasteiger partial charge in [0.15, 0.2) is 5.76 Å². The van der Waals surface area contributed by atoms with Crippen LogP contribution in [-0.4, -0.2) is 40.1 Å².